The lowest BCUT2D eigenvalue weighted by molar-refractivity contribution is -0.115. The number of rotatable bonds is 3. The molecule has 2 rings (SSSR count). The van der Waals surface area contributed by atoms with E-state index in [4.69, 9.17) is 5.73 Å². The van der Waals surface area contributed by atoms with Crippen molar-refractivity contribution in [2.45, 2.75) is 31.9 Å². The standard InChI is InChI=1S/C14H16FN3O/c1-3-14(15)6-4-5-11(13(16)19)12(14)10-7-17-9(2)18-8-10/h4-8,12H,3H2,1-2H3,(H2,16,19). The molecule has 0 aliphatic heterocycles. The molecule has 1 aliphatic carbocycles. The van der Waals surface area contributed by atoms with E-state index in [9.17, 15) is 9.18 Å². The SMILES string of the molecule is CCC1(F)C=CC=C(C(N)=O)C1c1cnc(C)nc1. The first-order chi connectivity index (χ1) is 8.98. The molecule has 1 heterocycles. The summed E-state index contributed by atoms with van der Waals surface area (Å²) in [5.41, 5.74) is 4.52. The number of nitrogens with zero attached hydrogens (tertiary/aromatic N) is 2. The summed E-state index contributed by atoms with van der Waals surface area (Å²) in [6, 6.07) is 0. The minimum atomic E-state index is -1.64. The Kier molecular flexibility index (Phi) is 3.46. The molecule has 0 aromatic carbocycles. The van der Waals surface area contributed by atoms with Gasteiger partial charge in [0.15, 0.2) is 0 Å². The molecule has 5 heteroatoms. The van der Waals surface area contributed by atoms with Crippen molar-refractivity contribution in [2.75, 3.05) is 0 Å². The summed E-state index contributed by atoms with van der Waals surface area (Å²) in [6.07, 6.45) is 7.89. The molecule has 0 spiro atoms. The van der Waals surface area contributed by atoms with Gasteiger partial charge in [0.05, 0.1) is 5.92 Å². The summed E-state index contributed by atoms with van der Waals surface area (Å²) in [4.78, 5) is 19.7. The minimum absolute atomic E-state index is 0.243. The van der Waals surface area contributed by atoms with E-state index in [0.29, 0.717) is 11.4 Å². The molecule has 2 unspecified atom stereocenters. The summed E-state index contributed by atoms with van der Waals surface area (Å²) in [5, 5.41) is 0. The van der Waals surface area contributed by atoms with Crippen molar-refractivity contribution in [3.05, 3.63) is 47.6 Å². The second kappa shape index (κ2) is 4.91. The zero-order valence-corrected chi connectivity index (χ0v) is 10.9. The lowest BCUT2D eigenvalue weighted by atomic mass is 9.74. The predicted octanol–water partition coefficient (Wildman–Crippen LogP) is 1.97. The summed E-state index contributed by atoms with van der Waals surface area (Å²) < 4.78 is 15.0. The molecule has 2 N–H and O–H groups in total. The highest BCUT2D eigenvalue weighted by Crippen LogP contribution is 2.43. The van der Waals surface area contributed by atoms with Crippen molar-refractivity contribution < 1.29 is 9.18 Å². The molecule has 0 radical (unpaired) electrons. The van der Waals surface area contributed by atoms with E-state index in [-0.39, 0.29) is 12.0 Å². The van der Waals surface area contributed by atoms with Gasteiger partial charge >= 0.3 is 0 Å². The minimum Gasteiger partial charge on any atom is -0.366 e. The number of carbonyl (C=O) groups excluding carboxylic acids is 1. The molecular formula is C14H16FN3O. The highest BCUT2D eigenvalue weighted by atomic mass is 19.1. The van der Waals surface area contributed by atoms with Crippen molar-refractivity contribution >= 4 is 5.91 Å². The van der Waals surface area contributed by atoms with Crippen LogP contribution in [-0.4, -0.2) is 21.5 Å². The van der Waals surface area contributed by atoms with Crippen LogP contribution in [0.2, 0.25) is 0 Å². The number of hydrogen-bond donors (Lipinski definition) is 1. The molecular weight excluding hydrogens is 245 g/mol. The van der Waals surface area contributed by atoms with Gasteiger partial charge in [0.2, 0.25) is 5.91 Å². The molecule has 0 saturated carbocycles. The number of carbonyl (C=O) groups is 1. The van der Waals surface area contributed by atoms with Crippen LogP contribution in [0, 0.1) is 6.92 Å². The first-order valence-electron chi connectivity index (χ1n) is 6.14. The summed E-state index contributed by atoms with van der Waals surface area (Å²) in [7, 11) is 0. The van der Waals surface area contributed by atoms with Gasteiger partial charge in [-0.25, -0.2) is 14.4 Å². The van der Waals surface area contributed by atoms with E-state index >= 15 is 0 Å². The van der Waals surface area contributed by atoms with Crippen LogP contribution >= 0.6 is 0 Å². The third-order valence-corrected chi connectivity index (χ3v) is 3.40. The Labute approximate surface area is 111 Å². The Hall–Kier alpha value is -2.04. The van der Waals surface area contributed by atoms with Crippen molar-refractivity contribution in [3.63, 3.8) is 0 Å². The maximum atomic E-state index is 15.0. The molecule has 1 aromatic heterocycles. The number of halogens is 1. The van der Waals surface area contributed by atoms with Crippen molar-refractivity contribution in [1.29, 1.82) is 0 Å². The lowest BCUT2D eigenvalue weighted by Crippen LogP contribution is -2.36. The lowest BCUT2D eigenvalue weighted by Gasteiger charge is -2.33. The molecule has 0 bridgehead atoms. The molecule has 4 nitrogen and oxygen atoms in total. The van der Waals surface area contributed by atoms with E-state index in [1.807, 2.05) is 0 Å². The number of primary amides is 1. The van der Waals surface area contributed by atoms with Crippen LogP contribution in [0.5, 0.6) is 0 Å². The molecule has 1 aromatic rings. The van der Waals surface area contributed by atoms with E-state index in [2.05, 4.69) is 9.97 Å². The number of aromatic nitrogens is 2. The normalized spacial score (nSPS) is 26.1. The summed E-state index contributed by atoms with van der Waals surface area (Å²) in [5.74, 6) is -0.772. The van der Waals surface area contributed by atoms with Gasteiger partial charge in [-0.2, -0.15) is 0 Å². The largest absolute Gasteiger partial charge is 0.366 e. The average molecular weight is 261 g/mol. The predicted molar refractivity (Wildman–Crippen MR) is 70.1 cm³/mol. The first kappa shape index (κ1) is 13.4. The Morgan fingerprint density at radius 1 is 1.47 bits per heavy atom. The number of hydrogen-bond acceptors (Lipinski definition) is 3. The van der Waals surface area contributed by atoms with Gasteiger partial charge in [0.25, 0.3) is 0 Å². The third-order valence-electron chi connectivity index (χ3n) is 3.40. The van der Waals surface area contributed by atoms with Gasteiger partial charge in [0.1, 0.15) is 11.5 Å². The fourth-order valence-electron chi connectivity index (χ4n) is 2.32. The second-order valence-corrected chi connectivity index (χ2v) is 4.62. The Bertz CT molecular complexity index is 550. The van der Waals surface area contributed by atoms with Crippen molar-refractivity contribution in [1.82, 2.24) is 9.97 Å². The fraction of sp³-hybridized carbons (Fsp3) is 0.357. The average Bonchev–Trinajstić information content (AvgIpc) is 2.39. The highest BCUT2D eigenvalue weighted by Gasteiger charge is 2.42. The van der Waals surface area contributed by atoms with Crippen LogP contribution in [0.25, 0.3) is 0 Å². The zero-order valence-electron chi connectivity index (χ0n) is 10.9. The smallest absolute Gasteiger partial charge is 0.245 e. The Morgan fingerprint density at radius 2 is 2.11 bits per heavy atom. The van der Waals surface area contributed by atoms with Gasteiger partial charge in [0, 0.05) is 23.5 Å². The van der Waals surface area contributed by atoms with Gasteiger partial charge in [-0.3, -0.25) is 4.79 Å². The van der Waals surface area contributed by atoms with E-state index in [1.165, 1.54) is 12.2 Å². The first-order valence-corrected chi connectivity index (χ1v) is 6.14. The van der Waals surface area contributed by atoms with Crippen LogP contribution < -0.4 is 5.73 Å². The van der Waals surface area contributed by atoms with Crippen LogP contribution in [0.3, 0.4) is 0 Å². The number of nitrogens with two attached hydrogens (primary N) is 1. The molecule has 0 saturated heterocycles. The van der Waals surface area contributed by atoms with Crippen LogP contribution in [0.1, 0.15) is 30.7 Å². The van der Waals surface area contributed by atoms with Crippen LogP contribution in [0.4, 0.5) is 4.39 Å². The molecule has 1 amide bonds. The number of alkyl halides is 1. The number of amides is 1. The quantitative estimate of drug-likeness (QED) is 0.904. The molecule has 1 aliphatic rings. The van der Waals surface area contributed by atoms with Crippen molar-refractivity contribution in [2.24, 2.45) is 5.73 Å². The van der Waals surface area contributed by atoms with Crippen LogP contribution in [0.15, 0.2) is 36.2 Å². The summed E-state index contributed by atoms with van der Waals surface area (Å²) in [6.45, 7) is 3.48. The third kappa shape index (κ3) is 2.41. The van der Waals surface area contributed by atoms with Gasteiger partial charge < -0.3 is 5.73 Å². The van der Waals surface area contributed by atoms with Gasteiger partial charge in [-0.05, 0) is 19.4 Å². The van der Waals surface area contributed by atoms with Crippen LogP contribution in [-0.2, 0) is 4.79 Å². The second-order valence-electron chi connectivity index (χ2n) is 4.62. The van der Waals surface area contributed by atoms with E-state index in [0.717, 1.165) is 0 Å². The molecule has 0 fully saturated rings. The Balaban J connectivity index is 2.52. The monoisotopic (exact) mass is 261 g/mol. The van der Waals surface area contributed by atoms with Gasteiger partial charge in [-0.15, -0.1) is 0 Å². The van der Waals surface area contributed by atoms with Gasteiger partial charge in [-0.1, -0.05) is 19.1 Å². The Morgan fingerprint density at radius 3 is 2.63 bits per heavy atom. The van der Waals surface area contributed by atoms with E-state index < -0.39 is 17.5 Å². The zero-order chi connectivity index (χ0) is 14.0. The summed E-state index contributed by atoms with van der Waals surface area (Å²) >= 11 is 0. The number of allylic oxidation sites excluding steroid dienone is 3. The molecule has 19 heavy (non-hydrogen) atoms. The van der Waals surface area contributed by atoms with Crippen molar-refractivity contribution in [3.8, 4) is 0 Å². The molecule has 100 valence electrons. The number of aryl methyl sites for hydroxylation is 1. The van der Waals surface area contributed by atoms with E-state index in [1.54, 1.807) is 32.3 Å². The fourth-order valence-corrected chi connectivity index (χ4v) is 2.32. The molecule has 2 atom stereocenters. The highest BCUT2D eigenvalue weighted by molar-refractivity contribution is 5.94. The maximum absolute atomic E-state index is 15.0. The topological polar surface area (TPSA) is 68.9 Å². The maximum Gasteiger partial charge on any atom is 0.245 e.